The normalized spacial score (nSPS) is 11.2. The fraction of sp³-hybridized carbons (Fsp3) is 0.118. The average Bonchev–Trinajstić information content (AvgIpc) is 2.46. The van der Waals surface area contributed by atoms with Crippen molar-refractivity contribution < 1.29 is 9.53 Å². The van der Waals surface area contributed by atoms with E-state index in [-0.39, 0.29) is 5.97 Å². The third-order valence-corrected chi connectivity index (χ3v) is 3.23. The summed E-state index contributed by atoms with van der Waals surface area (Å²) < 4.78 is 6.08. The van der Waals surface area contributed by atoms with Crippen molar-refractivity contribution in [2.75, 3.05) is 6.61 Å². The molecule has 0 radical (unpaired) electrons. The second kappa shape index (κ2) is 7.06. The van der Waals surface area contributed by atoms with Crippen LogP contribution in [0.2, 0.25) is 0 Å². The Morgan fingerprint density at radius 3 is 2.55 bits per heavy atom. The number of hydrogen-bond donors (Lipinski definition) is 0. The van der Waals surface area contributed by atoms with E-state index in [1.165, 1.54) is 0 Å². The summed E-state index contributed by atoms with van der Waals surface area (Å²) in [6.07, 6.45) is 1.85. The Morgan fingerprint density at radius 1 is 1.15 bits per heavy atom. The van der Waals surface area contributed by atoms with E-state index in [1.54, 1.807) is 6.92 Å². The number of carbonyl (C=O) groups is 1. The summed E-state index contributed by atoms with van der Waals surface area (Å²) in [5.74, 6) is -0.311. The summed E-state index contributed by atoms with van der Waals surface area (Å²) in [4.78, 5) is 12.2. The van der Waals surface area contributed by atoms with E-state index in [4.69, 9.17) is 4.74 Å². The second-order valence-electron chi connectivity index (χ2n) is 4.20. The van der Waals surface area contributed by atoms with Gasteiger partial charge in [-0.05, 0) is 36.3 Å². The zero-order chi connectivity index (χ0) is 14.4. The molecule has 0 aliphatic heterocycles. The zero-order valence-corrected chi connectivity index (χ0v) is 12.8. The van der Waals surface area contributed by atoms with Gasteiger partial charge in [-0.2, -0.15) is 0 Å². The SMILES string of the molecule is CCOC(=O)/C(=C/c1ccccc1)c1cccc(Br)c1. The molecule has 2 nitrogen and oxygen atoms in total. The van der Waals surface area contributed by atoms with Crippen molar-refractivity contribution in [1.29, 1.82) is 0 Å². The standard InChI is InChI=1S/C17H15BrO2/c1-2-20-17(19)16(11-13-7-4-3-5-8-13)14-9-6-10-15(18)12-14/h3-12H,2H2,1H3/b16-11+. The largest absolute Gasteiger partial charge is 0.462 e. The van der Waals surface area contributed by atoms with Crippen LogP contribution in [0.1, 0.15) is 18.1 Å². The Balaban J connectivity index is 2.45. The quantitative estimate of drug-likeness (QED) is 0.467. The Labute approximate surface area is 127 Å². The minimum atomic E-state index is -0.311. The molecule has 2 rings (SSSR count). The van der Waals surface area contributed by atoms with Crippen molar-refractivity contribution in [3.63, 3.8) is 0 Å². The molecule has 20 heavy (non-hydrogen) atoms. The van der Waals surface area contributed by atoms with Crippen molar-refractivity contribution >= 4 is 33.5 Å². The lowest BCUT2D eigenvalue weighted by Gasteiger charge is -2.08. The van der Waals surface area contributed by atoms with Crippen LogP contribution >= 0.6 is 15.9 Å². The molecule has 0 bridgehead atoms. The highest BCUT2D eigenvalue weighted by molar-refractivity contribution is 9.10. The minimum absolute atomic E-state index is 0.311. The van der Waals surface area contributed by atoms with Gasteiger partial charge in [-0.1, -0.05) is 58.4 Å². The summed E-state index contributed by atoms with van der Waals surface area (Å²) in [5.41, 5.74) is 2.36. The molecule has 0 fully saturated rings. The van der Waals surface area contributed by atoms with E-state index in [1.807, 2.05) is 60.7 Å². The van der Waals surface area contributed by atoms with Gasteiger partial charge in [0.25, 0.3) is 0 Å². The molecule has 0 aliphatic rings. The molecule has 0 N–H and O–H groups in total. The molecule has 0 spiro atoms. The summed E-state index contributed by atoms with van der Waals surface area (Å²) in [5, 5.41) is 0. The molecule has 3 heteroatoms. The highest BCUT2D eigenvalue weighted by atomic mass is 79.9. The van der Waals surface area contributed by atoms with Crippen molar-refractivity contribution in [2.45, 2.75) is 6.92 Å². The number of esters is 1. The Hall–Kier alpha value is -1.87. The molecule has 0 saturated heterocycles. The summed E-state index contributed by atoms with van der Waals surface area (Å²) >= 11 is 3.42. The smallest absolute Gasteiger partial charge is 0.338 e. The van der Waals surface area contributed by atoms with Crippen molar-refractivity contribution in [3.05, 3.63) is 70.2 Å². The van der Waals surface area contributed by atoms with E-state index in [9.17, 15) is 4.79 Å². The van der Waals surface area contributed by atoms with Gasteiger partial charge in [0.05, 0.1) is 12.2 Å². The Kier molecular flexibility index (Phi) is 5.13. The molecule has 0 amide bonds. The zero-order valence-electron chi connectivity index (χ0n) is 11.2. The van der Waals surface area contributed by atoms with Crippen LogP contribution in [-0.2, 0) is 9.53 Å². The molecule has 102 valence electrons. The molecule has 0 atom stereocenters. The number of benzene rings is 2. The number of halogens is 1. The van der Waals surface area contributed by atoms with Crippen LogP contribution in [-0.4, -0.2) is 12.6 Å². The van der Waals surface area contributed by atoms with Gasteiger partial charge in [0.1, 0.15) is 0 Å². The van der Waals surface area contributed by atoms with Crippen LogP contribution in [0, 0.1) is 0 Å². The fourth-order valence-electron chi connectivity index (χ4n) is 1.84. The first-order chi connectivity index (χ1) is 9.70. The predicted molar refractivity (Wildman–Crippen MR) is 85.1 cm³/mol. The molecular formula is C17H15BrO2. The maximum Gasteiger partial charge on any atom is 0.338 e. The monoisotopic (exact) mass is 330 g/mol. The van der Waals surface area contributed by atoms with E-state index < -0.39 is 0 Å². The minimum Gasteiger partial charge on any atom is -0.462 e. The van der Waals surface area contributed by atoms with Gasteiger partial charge in [0.15, 0.2) is 0 Å². The maximum absolute atomic E-state index is 12.2. The molecule has 0 heterocycles. The first kappa shape index (κ1) is 14.5. The van der Waals surface area contributed by atoms with Crippen LogP contribution in [0.3, 0.4) is 0 Å². The van der Waals surface area contributed by atoms with Gasteiger partial charge in [0, 0.05) is 4.47 Å². The van der Waals surface area contributed by atoms with E-state index >= 15 is 0 Å². The van der Waals surface area contributed by atoms with Gasteiger partial charge >= 0.3 is 5.97 Å². The van der Waals surface area contributed by atoms with Crippen LogP contribution in [0.25, 0.3) is 11.6 Å². The maximum atomic E-state index is 12.2. The lowest BCUT2D eigenvalue weighted by molar-refractivity contribution is -0.136. The predicted octanol–water partition coefficient (Wildman–Crippen LogP) is 4.55. The third-order valence-electron chi connectivity index (χ3n) is 2.74. The molecule has 0 aliphatic carbocycles. The van der Waals surface area contributed by atoms with Crippen molar-refractivity contribution in [3.8, 4) is 0 Å². The lowest BCUT2D eigenvalue weighted by atomic mass is 10.0. The number of rotatable bonds is 4. The highest BCUT2D eigenvalue weighted by Gasteiger charge is 2.13. The molecule has 2 aromatic rings. The van der Waals surface area contributed by atoms with E-state index in [2.05, 4.69) is 15.9 Å². The topological polar surface area (TPSA) is 26.3 Å². The number of hydrogen-bond acceptors (Lipinski definition) is 2. The summed E-state index contributed by atoms with van der Waals surface area (Å²) in [6.45, 7) is 2.16. The van der Waals surface area contributed by atoms with Crippen LogP contribution in [0.5, 0.6) is 0 Å². The van der Waals surface area contributed by atoms with Crippen LogP contribution < -0.4 is 0 Å². The fourth-order valence-corrected chi connectivity index (χ4v) is 2.24. The number of ether oxygens (including phenoxy) is 1. The van der Waals surface area contributed by atoms with E-state index in [0.29, 0.717) is 12.2 Å². The molecule has 0 saturated carbocycles. The van der Waals surface area contributed by atoms with Gasteiger partial charge in [-0.25, -0.2) is 4.79 Å². The molecule has 0 unspecified atom stereocenters. The Morgan fingerprint density at radius 2 is 1.90 bits per heavy atom. The molecular weight excluding hydrogens is 316 g/mol. The Bertz CT molecular complexity index is 618. The summed E-state index contributed by atoms with van der Waals surface area (Å²) in [6, 6.07) is 17.4. The first-order valence-corrected chi connectivity index (χ1v) is 7.20. The van der Waals surface area contributed by atoms with Gasteiger partial charge in [-0.3, -0.25) is 0 Å². The lowest BCUT2D eigenvalue weighted by Crippen LogP contribution is -2.06. The van der Waals surface area contributed by atoms with Gasteiger partial charge in [0.2, 0.25) is 0 Å². The van der Waals surface area contributed by atoms with E-state index in [0.717, 1.165) is 15.6 Å². The van der Waals surface area contributed by atoms with Gasteiger partial charge in [-0.15, -0.1) is 0 Å². The second-order valence-corrected chi connectivity index (χ2v) is 5.12. The first-order valence-electron chi connectivity index (χ1n) is 6.40. The molecule has 2 aromatic carbocycles. The highest BCUT2D eigenvalue weighted by Crippen LogP contribution is 2.23. The van der Waals surface area contributed by atoms with Crippen molar-refractivity contribution in [1.82, 2.24) is 0 Å². The van der Waals surface area contributed by atoms with Crippen LogP contribution in [0.4, 0.5) is 0 Å². The molecule has 0 aromatic heterocycles. The number of carbonyl (C=O) groups excluding carboxylic acids is 1. The average molecular weight is 331 g/mol. The van der Waals surface area contributed by atoms with Crippen molar-refractivity contribution in [2.24, 2.45) is 0 Å². The third kappa shape index (κ3) is 3.81. The summed E-state index contributed by atoms with van der Waals surface area (Å²) in [7, 11) is 0. The van der Waals surface area contributed by atoms with Gasteiger partial charge < -0.3 is 4.74 Å². The van der Waals surface area contributed by atoms with Crippen LogP contribution in [0.15, 0.2) is 59.1 Å².